The van der Waals surface area contributed by atoms with Crippen molar-refractivity contribution in [3.8, 4) is 11.4 Å². The molecule has 4 heteroatoms. The first-order valence-corrected chi connectivity index (χ1v) is 6.08. The van der Waals surface area contributed by atoms with Crippen LogP contribution in [0.15, 0.2) is 42.5 Å². The molecule has 4 nitrogen and oxygen atoms in total. The zero-order chi connectivity index (χ0) is 13.4. The van der Waals surface area contributed by atoms with Gasteiger partial charge in [0.1, 0.15) is 5.75 Å². The predicted octanol–water partition coefficient (Wildman–Crippen LogP) is 2.92. The van der Waals surface area contributed by atoms with E-state index in [0.717, 1.165) is 22.5 Å². The second-order valence-electron chi connectivity index (χ2n) is 4.50. The van der Waals surface area contributed by atoms with Crippen molar-refractivity contribution < 1.29 is 4.74 Å². The summed E-state index contributed by atoms with van der Waals surface area (Å²) in [5, 5.41) is 0. The van der Waals surface area contributed by atoms with Crippen molar-refractivity contribution in [3.63, 3.8) is 0 Å². The number of aryl methyl sites for hydroxylation is 1. The summed E-state index contributed by atoms with van der Waals surface area (Å²) in [6.07, 6.45) is 0. The van der Waals surface area contributed by atoms with Crippen LogP contribution in [-0.2, 0) is 0 Å². The van der Waals surface area contributed by atoms with Crippen molar-refractivity contribution in [2.75, 3.05) is 12.8 Å². The maximum absolute atomic E-state index is 6.03. The number of aromatic nitrogens is 2. The van der Waals surface area contributed by atoms with Gasteiger partial charge in [0.05, 0.1) is 18.1 Å². The molecule has 0 aliphatic carbocycles. The van der Waals surface area contributed by atoms with E-state index in [4.69, 9.17) is 10.5 Å². The molecule has 3 rings (SSSR count). The Morgan fingerprint density at radius 1 is 1.11 bits per heavy atom. The van der Waals surface area contributed by atoms with Crippen molar-refractivity contribution >= 4 is 17.0 Å². The van der Waals surface area contributed by atoms with Crippen molar-refractivity contribution in [2.45, 2.75) is 6.92 Å². The Kier molecular flexibility index (Phi) is 2.63. The monoisotopic (exact) mass is 253 g/mol. The Morgan fingerprint density at radius 2 is 1.84 bits per heavy atom. The molecule has 0 saturated heterocycles. The normalized spacial score (nSPS) is 10.8. The molecule has 1 aromatic heterocycles. The molecule has 0 atom stereocenters. The lowest BCUT2D eigenvalue weighted by Crippen LogP contribution is -2.00. The van der Waals surface area contributed by atoms with Gasteiger partial charge in [0.25, 0.3) is 0 Å². The van der Waals surface area contributed by atoms with E-state index < -0.39 is 0 Å². The van der Waals surface area contributed by atoms with Crippen LogP contribution in [0.25, 0.3) is 16.7 Å². The minimum atomic E-state index is 0.479. The van der Waals surface area contributed by atoms with Crippen LogP contribution in [0, 0.1) is 6.92 Å². The minimum absolute atomic E-state index is 0.479. The van der Waals surface area contributed by atoms with Crippen LogP contribution in [-0.4, -0.2) is 16.7 Å². The fourth-order valence-electron chi connectivity index (χ4n) is 2.17. The van der Waals surface area contributed by atoms with Crippen LogP contribution in [0.4, 0.5) is 5.95 Å². The second kappa shape index (κ2) is 4.31. The fourth-order valence-corrected chi connectivity index (χ4v) is 2.17. The SMILES string of the molecule is COc1ccc2nc(N)n(-c3ccc(C)cc3)c2c1. The molecule has 0 aliphatic rings. The molecule has 2 aromatic carbocycles. The van der Waals surface area contributed by atoms with Gasteiger partial charge in [-0.3, -0.25) is 4.57 Å². The number of imidazole rings is 1. The molecule has 0 bridgehead atoms. The highest BCUT2D eigenvalue weighted by Gasteiger charge is 2.10. The number of nitrogens with zero attached hydrogens (tertiary/aromatic N) is 2. The third-order valence-corrected chi connectivity index (χ3v) is 3.18. The molecule has 0 radical (unpaired) electrons. The van der Waals surface area contributed by atoms with Gasteiger partial charge in [-0.25, -0.2) is 4.98 Å². The quantitative estimate of drug-likeness (QED) is 0.764. The topological polar surface area (TPSA) is 53.1 Å². The Bertz CT molecular complexity index is 729. The molecule has 0 amide bonds. The first-order chi connectivity index (χ1) is 9.19. The summed E-state index contributed by atoms with van der Waals surface area (Å²) in [4.78, 5) is 4.37. The standard InChI is InChI=1S/C15H15N3O/c1-10-3-5-11(6-4-10)18-14-9-12(19-2)7-8-13(14)17-15(18)16/h3-9H,1-2H3,(H2,16,17). The Hall–Kier alpha value is -2.49. The van der Waals surface area contributed by atoms with E-state index in [-0.39, 0.29) is 0 Å². The number of methoxy groups -OCH3 is 1. The number of hydrogen-bond acceptors (Lipinski definition) is 3. The largest absolute Gasteiger partial charge is 0.497 e. The average Bonchev–Trinajstić information content (AvgIpc) is 2.75. The Morgan fingerprint density at radius 3 is 2.53 bits per heavy atom. The minimum Gasteiger partial charge on any atom is -0.497 e. The highest BCUT2D eigenvalue weighted by Crippen LogP contribution is 2.26. The van der Waals surface area contributed by atoms with Gasteiger partial charge in [-0.05, 0) is 31.2 Å². The van der Waals surface area contributed by atoms with Crippen molar-refractivity contribution in [1.82, 2.24) is 9.55 Å². The molecule has 0 unspecified atom stereocenters. The third kappa shape index (κ3) is 1.91. The first kappa shape index (κ1) is 11.6. The number of nitrogen functional groups attached to an aromatic ring is 1. The van der Waals surface area contributed by atoms with Crippen LogP contribution < -0.4 is 10.5 Å². The number of benzene rings is 2. The van der Waals surface area contributed by atoms with Gasteiger partial charge in [-0.2, -0.15) is 0 Å². The van der Waals surface area contributed by atoms with E-state index >= 15 is 0 Å². The van der Waals surface area contributed by atoms with Crippen LogP contribution >= 0.6 is 0 Å². The number of rotatable bonds is 2. The van der Waals surface area contributed by atoms with Crippen LogP contribution in [0.2, 0.25) is 0 Å². The summed E-state index contributed by atoms with van der Waals surface area (Å²) < 4.78 is 7.19. The van der Waals surface area contributed by atoms with E-state index in [2.05, 4.69) is 24.0 Å². The molecule has 19 heavy (non-hydrogen) atoms. The summed E-state index contributed by atoms with van der Waals surface area (Å²) in [5.74, 6) is 1.27. The molecule has 3 aromatic rings. The van der Waals surface area contributed by atoms with Gasteiger partial charge in [0, 0.05) is 11.8 Å². The van der Waals surface area contributed by atoms with E-state index in [0.29, 0.717) is 5.95 Å². The summed E-state index contributed by atoms with van der Waals surface area (Å²) >= 11 is 0. The van der Waals surface area contributed by atoms with Gasteiger partial charge in [0.15, 0.2) is 0 Å². The molecular weight excluding hydrogens is 238 g/mol. The number of nitrogens with two attached hydrogens (primary N) is 1. The summed E-state index contributed by atoms with van der Waals surface area (Å²) in [6.45, 7) is 2.06. The fraction of sp³-hybridized carbons (Fsp3) is 0.133. The number of fused-ring (bicyclic) bond motifs is 1. The lowest BCUT2D eigenvalue weighted by atomic mass is 10.2. The second-order valence-corrected chi connectivity index (χ2v) is 4.50. The van der Waals surface area contributed by atoms with Crippen molar-refractivity contribution in [1.29, 1.82) is 0 Å². The molecule has 2 N–H and O–H groups in total. The van der Waals surface area contributed by atoms with E-state index in [1.54, 1.807) is 7.11 Å². The lowest BCUT2D eigenvalue weighted by Gasteiger charge is -2.07. The predicted molar refractivity (Wildman–Crippen MR) is 76.8 cm³/mol. The summed E-state index contributed by atoms with van der Waals surface area (Å²) in [7, 11) is 1.65. The van der Waals surface area contributed by atoms with Crippen LogP contribution in [0.1, 0.15) is 5.56 Å². The van der Waals surface area contributed by atoms with Gasteiger partial charge < -0.3 is 10.5 Å². The molecule has 1 heterocycles. The van der Waals surface area contributed by atoms with Crippen molar-refractivity contribution in [3.05, 3.63) is 48.0 Å². The smallest absolute Gasteiger partial charge is 0.205 e. The van der Waals surface area contributed by atoms with Crippen molar-refractivity contribution in [2.24, 2.45) is 0 Å². The zero-order valence-corrected chi connectivity index (χ0v) is 10.9. The maximum Gasteiger partial charge on any atom is 0.205 e. The third-order valence-electron chi connectivity index (χ3n) is 3.18. The van der Waals surface area contributed by atoms with Gasteiger partial charge in [-0.1, -0.05) is 17.7 Å². The highest BCUT2D eigenvalue weighted by molar-refractivity contribution is 5.82. The molecule has 0 fully saturated rings. The molecule has 0 spiro atoms. The van der Waals surface area contributed by atoms with Crippen LogP contribution in [0.5, 0.6) is 5.75 Å². The zero-order valence-electron chi connectivity index (χ0n) is 10.9. The van der Waals surface area contributed by atoms with E-state index in [1.807, 2.05) is 34.9 Å². The van der Waals surface area contributed by atoms with Crippen LogP contribution in [0.3, 0.4) is 0 Å². The Labute approximate surface area is 111 Å². The van der Waals surface area contributed by atoms with Gasteiger partial charge in [0.2, 0.25) is 5.95 Å². The number of anilines is 1. The average molecular weight is 253 g/mol. The summed E-state index contributed by atoms with van der Waals surface area (Å²) in [5.41, 5.74) is 10.0. The summed E-state index contributed by atoms with van der Waals surface area (Å²) in [6, 6.07) is 13.9. The molecule has 0 aliphatic heterocycles. The molecule has 0 saturated carbocycles. The lowest BCUT2D eigenvalue weighted by molar-refractivity contribution is 0.415. The number of ether oxygens (including phenoxy) is 1. The highest BCUT2D eigenvalue weighted by atomic mass is 16.5. The molecule has 96 valence electrons. The molecular formula is C15H15N3O. The first-order valence-electron chi connectivity index (χ1n) is 6.08. The van der Waals surface area contributed by atoms with E-state index in [1.165, 1.54) is 5.56 Å². The van der Waals surface area contributed by atoms with Gasteiger partial charge in [-0.15, -0.1) is 0 Å². The maximum atomic E-state index is 6.03. The van der Waals surface area contributed by atoms with Gasteiger partial charge >= 0.3 is 0 Å². The Balaban J connectivity index is 2.26. The number of hydrogen-bond donors (Lipinski definition) is 1. The van der Waals surface area contributed by atoms with E-state index in [9.17, 15) is 0 Å².